The van der Waals surface area contributed by atoms with Gasteiger partial charge in [0.1, 0.15) is 11.9 Å². The van der Waals surface area contributed by atoms with Gasteiger partial charge in [0.05, 0.1) is 11.1 Å². The lowest BCUT2D eigenvalue weighted by atomic mass is 10.3. The molecule has 0 saturated carbocycles. The van der Waals surface area contributed by atoms with Crippen LogP contribution in [0.3, 0.4) is 0 Å². The Morgan fingerprint density at radius 2 is 2.18 bits per heavy atom. The zero-order valence-electron chi connectivity index (χ0n) is 12.5. The van der Waals surface area contributed by atoms with E-state index in [1.54, 1.807) is 17.8 Å². The lowest BCUT2D eigenvalue weighted by Gasteiger charge is -2.03. The first-order valence-electron chi connectivity index (χ1n) is 6.96. The number of hydrogen-bond donors (Lipinski definition) is 1. The molecule has 118 valence electrons. The number of nitrogens with one attached hydrogen (secondary N) is 1. The number of aryl methyl sites for hydroxylation is 3. The first-order valence-corrected chi connectivity index (χ1v) is 6.96. The molecule has 0 fully saturated rings. The van der Waals surface area contributed by atoms with Crippen LogP contribution >= 0.6 is 0 Å². The van der Waals surface area contributed by atoms with Crippen LogP contribution in [0.5, 0.6) is 0 Å². The molecule has 0 unspecified atom stereocenters. The van der Waals surface area contributed by atoms with Gasteiger partial charge in [-0.15, -0.1) is 0 Å². The highest BCUT2D eigenvalue weighted by Crippen LogP contribution is 2.15. The van der Waals surface area contributed by atoms with Crippen molar-refractivity contribution in [3.05, 3.63) is 40.0 Å². The lowest BCUT2D eigenvalue weighted by Crippen LogP contribution is -2.23. The average Bonchev–Trinajstić information content (AvgIpc) is 3.09. The first kappa shape index (κ1) is 15.7. The summed E-state index contributed by atoms with van der Waals surface area (Å²) >= 11 is 0. The summed E-state index contributed by atoms with van der Waals surface area (Å²) in [5.41, 5.74) is 1.24. The summed E-state index contributed by atoms with van der Waals surface area (Å²) in [7, 11) is 0. The highest BCUT2D eigenvalue weighted by atomic mass is 16.6. The van der Waals surface area contributed by atoms with Crippen molar-refractivity contribution < 1.29 is 9.72 Å². The van der Waals surface area contributed by atoms with Crippen LogP contribution in [0.4, 0.5) is 5.69 Å². The van der Waals surface area contributed by atoms with Gasteiger partial charge >= 0.3 is 5.69 Å². The monoisotopic (exact) mass is 306 g/mol. The quantitative estimate of drug-likeness (QED) is 0.607. The molecule has 1 N–H and O–H groups in total. The van der Waals surface area contributed by atoms with Gasteiger partial charge in [-0.05, 0) is 13.8 Å². The van der Waals surface area contributed by atoms with E-state index in [4.69, 9.17) is 0 Å². The smallest absolute Gasteiger partial charge is 0.309 e. The van der Waals surface area contributed by atoms with Crippen LogP contribution in [0.2, 0.25) is 0 Å². The van der Waals surface area contributed by atoms with E-state index in [1.165, 1.54) is 10.9 Å². The van der Waals surface area contributed by atoms with Crippen molar-refractivity contribution in [3.8, 4) is 0 Å². The maximum absolute atomic E-state index is 11.8. The van der Waals surface area contributed by atoms with E-state index < -0.39 is 4.92 Å². The SMILES string of the molecule is CCn1cc(CNC(=O)CCn2cc([N+](=O)[O-])c(C)n2)cn1. The average molecular weight is 306 g/mol. The molecular formula is C13H18N6O3. The Balaban J connectivity index is 1.80. The van der Waals surface area contributed by atoms with Crippen molar-refractivity contribution in [1.29, 1.82) is 0 Å². The van der Waals surface area contributed by atoms with E-state index in [1.807, 2.05) is 13.1 Å². The topological polar surface area (TPSA) is 108 Å². The molecule has 2 rings (SSSR count). The van der Waals surface area contributed by atoms with Crippen LogP contribution in [-0.4, -0.2) is 30.4 Å². The van der Waals surface area contributed by atoms with Crippen molar-refractivity contribution >= 4 is 11.6 Å². The van der Waals surface area contributed by atoms with Gasteiger partial charge in [-0.2, -0.15) is 10.2 Å². The molecule has 1 amide bonds. The van der Waals surface area contributed by atoms with Crippen LogP contribution in [0.1, 0.15) is 24.6 Å². The molecule has 0 aliphatic heterocycles. The molecule has 9 heteroatoms. The Morgan fingerprint density at radius 3 is 2.77 bits per heavy atom. The molecule has 0 atom stereocenters. The third kappa shape index (κ3) is 3.90. The van der Waals surface area contributed by atoms with Gasteiger partial charge < -0.3 is 5.32 Å². The maximum atomic E-state index is 11.8. The number of aromatic nitrogens is 4. The second-order valence-corrected chi connectivity index (χ2v) is 4.85. The second-order valence-electron chi connectivity index (χ2n) is 4.85. The van der Waals surface area contributed by atoms with E-state index >= 15 is 0 Å². The molecule has 2 aromatic heterocycles. The Kier molecular flexibility index (Phi) is 4.87. The number of hydrogen-bond acceptors (Lipinski definition) is 5. The number of carbonyl (C=O) groups excluding carboxylic acids is 1. The van der Waals surface area contributed by atoms with E-state index in [0.717, 1.165) is 12.1 Å². The zero-order valence-corrected chi connectivity index (χ0v) is 12.5. The van der Waals surface area contributed by atoms with Gasteiger partial charge in [0.2, 0.25) is 5.91 Å². The molecule has 2 aromatic rings. The minimum atomic E-state index is -0.482. The van der Waals surface area contributed by atoms with E-state index in [0.29, 0.717) is 18.8 Å². The molecule has 0 aliphatic rings. The molecule has 0 saturated heterocycles. The fourth-order valence-electron chi connectivity index (χ4n) is 1.98. The number of nitrogens with zero attached hydrogens (tertiary/aromatic N) is 5. The third-order valence-electron chi connectivity index (χ3n) is 3.19. The summed E-state index contributed by atoms with van der Waals surface area (Å²) in [6.07, 6.45) is 5.14. The van der Waals surface area contributed by atoms with E-state index in [9.17, 15) is 14.9 Å². The highest BCUT2D eigenvalue weighted by molar-refractivity contribution is 5.75. The number of nitro groups is 1. The largest absolute Gasteiger partial charge is 0.352 e. The Morgan fingerprint density at radius 1 is 1.41 bits per heavy atom. The van der Waals surface area contributed by atoms with E-state index in [-0.39, 0.29) is 18.0 Å². The van der Waals surface area contributed by atoms with Gasteiger partial charge in [0, 0.05) is 37.8 Å². The van der Waals surface area contributed by atoms with Crippen LogP contribution in [0.25, 0.3) is 0 Å². The standard InChI is InChI=1S/C13H18N6O3/c1-3-17-8-11(7-15-17)6-14-13(20)4-5-18-9-12(19(21)22)10(2)16-18/h7-9H,3-6H2,1-2H3,(H,14,20). The number of rotatable bonds is 7. The molecule has 0 spiro atoms. The molecule has 0 radical (unpaired) electrons. The Bertz CT molecular complexity index is 675. The Hall–Kier alpha value is -2.71. The molecule has 0 bridgehead atoms. The summed E-state index contributed by atoms with van der Waals surface area (Å²) in [6.45, 7) is 5.05. The molecule has 2 heterocycles. The van der Waals surface area contributed by atoms with Crippen LogP contribution in [-0.2, 0) is 24.4 Å². The molecule has 0 aliphatic carbocycles. The van der Waals surface area contributed by atoms with Crippen LogP contribution < -0.4 is 5.32 Å². The van der Waals surface area contributed by atoms with Gasteiger partial charge in [-0.3, -0.25) is 24.3 Å². The zero-order chi connectivity index (χ0) is 16.1. The molecular weight excluding hydrogens is 288 g/mol. The number of amides is 1. The van der Waals surface area contributed by atoms with Crippen molar-refractivity contribution in [2.75, 3.05) is 0 Å². The van der Waals surface area contributed by atoms with Crippen molar-refractivity contribution in [2.24, 2.45) is 0 Å². The Labute approximate surface area is 127 Å². The van der Waals surface area contributed by atoms with Crippen molar-refractivity contribution in [3.63, 3.8) is 0 Å². The third-order valence-corrected chi connectivity index (χ3v) is 3.19. The summed E-state index contributed by atoms with van der Waals surface area (Å²) in [5.74, 6) is -0.139. The summed E-state index contributed by atoms with van der Waals surface area (Å²) in [6, 6.07) is 0. The van der Waals surface area contributed by atoms with Crippen molar-refractivity contribution in [1.82, 2.24) is 24.9 Å². The summed E-state index contributed by atoms with van der Waals surface area (Å²) < 4.78 is 3.20. The van der Waals surface area contributed by atoms with Crippen LogP contribution in [0, 0.1) is 17.0 Å². The van der Waals surface area contributed by atoms with E-state index in [2.05, 4.69) is 15.5 Å². The predicted octanol–water partition coefficient (Wildman–Crippen LogP) is 1.02. The predicted molar refractivity (Wildman–Crippen MR) is 78.0 cm³/mol. The first-order chi connectivity index (χ1) is 10.5. The minimum absolute atomic E-state index is 0.0348. The fraction of sp³-hybridized carbons (Fsp3) is 0.462. The molecule has 0 aromatic carbocycles. The van der Waals surface area contributed by atoms with Gasteiger partial charge in [-0.1, -0.05) is 0 Å². The molecule has 9 nitrogen and oxygen atoms in total. The van der Waals surface area contributed by atoms with Crippen LogP contribution in [0.15, 0.2) is 18.6 Å². The van der Waals surface area contributed by atoms with Gasteiger partial charge in [0.15, 0.2) is 0 Å². The fourth-order valence-corrected chi connectivity index (χ4v) is 1.98. The summed E-state index contributed by atoms with van der Waals surface area (Å²) in [4.78, 5) is 22.0. The minimum Gasteiger partial charge on any atom is -0.352 e. The van der Waals surface area contributed by atoms with Gasteiger partial charge in [-0.25, -0.2) is 0 Å². The summed E-state index contributed by atoms with van der Waals surface area (Å²) in [5, 5.41) is 21.6. The van der Waals surface area contributed by atoms with Crippen molar-refractivity contribution in [2.45, 2.75) is 39.9 Å². The van der Waals surface area contributed by atoms with Gasteiger partial charge in [0.25, 0.3) is 0 Å². The normalized spacial score (nSPS) is 10.6. The second kappa shape index (κ2) is 6.83. The highest BCUT2D eigenvalue weighted by Gasteiger charge is 2.15. The molecule has 22 heavy (non-hydrogen) atoms. The maximum Gasteiger partial charge on any atom is 0.309 e. The lowest BCUT2D eigenvalue weighted by molar-refractivity contribution is -0.385. The number of carbonyl (C=O) groups is 1.